The van der Waals surface area contributed by atoms with E-state index in [9.17, 15) is 10.2 Å². The molecular formula is C32H46O3. The molecule has 192 valence electrons. The van der Waals surface area contributed by atoms with Gasteiger partial charge < -0.3 is 14.9 Å². The number of benzene rings is 2. The SMILES string of the molecule is CCCCCCC/C(=C(\C)O)c1ccc(Oc2ccc(/C(CCCCCCC)=C(\C)O)cc2)cc1. The van der Waals surface area contributed by atoms with Crippen molar-refractivity contribution in [3.8, 4) is 11.5 Å². The summed E-state index contributed by atoms with van der Waals surface area (Å²) in [6.07, 6.45) is 13.9. The fourth-order valence-corrected chi connectivity index (χ4v) is 4.46. The van der Waals surface area contributed by atoms with E-state index in [1.165, 1.54) is 51.4 Å². The van der Waals surface area contributed by atoms with Crippen LogP contribution in [0.3, 0.4) is 0 Å². The molecule has 2 aromatic rings. The van der Waals surface area contributed by atoms with Crippen molar-refractivity contribution in [2.24, 2.45) is 0 Å². The highest BCUT2D eigenvalue weighted by molar-refractivity contribution is 5.68. The molecule has 2 rings (SSSR count). The van der Waals surface area contributed by atoms with Crippen LogP contribution in [-0.4, -0.2) is 10.2 Å². The van der Waals surface area contributed by atoms with E-state index >= 15 is 0 Å². The van der Waals surface area contributed by atoms with Crippen LogP contribution in [0, 0.1) is 0 Å². The molecule has 2 N–H and O–H groups in total. The maximum absolute atomic E-state index is 10.2. The molecule has 0 aromatic heterocycles. The highest BCUT2D eigenvalue weighted by atomic mass is 16.5. The standard InChI is InChI=1S/C32H46O3/c1-5-7-9-11-13-15-31(25(3)33)27-17-21-29(22-18-27)35-30-23-19-28(20-24-30)32(26(4)34)16-14-12-10-8-6-2/h17-24,33-34H,5-16H2,1-4H3/b31-25-,32-26+. The van der Waals surface area contributed by atoms with Crippen LogP contribution in [0.15, 0.2) is 60.0 Å². The molecule has 2 aromatic carbocycles. The second-order valence-electron chi connectivity index (χ2n) is 9.61. The van der Waals surface area contributed by atoms with Gasteiger partial charge in [0.1, 0.15) is 11.5 Å². The van der Waals surface area contributed by atoms with Crippen LogP contribution in [-0.2, 0) is 0 Å². The first kappa shape index (κ1) is 28.6. The summed E-state index contributed by atoms with van der Waals surface area (Å²) >= 11 is 0. The summed E-state index contributed by atoms with van der Waals surface area (Å²) in [5, 5.41) is 20.4. The van der Waals surface area contributed by atoms with Crippen LogP contribution in [0.5, 0.6) is 11.5 Å². The van der Waals surface area contributed by atoms with Crippen LogP contribution >= 0.6 is 0 Å². The second-order valence-corrected chi connectivity index (χ2v) is 9.61. The van der Waals surface area contributed by atoms with Crippen molar-refractivity contribution in [3.05, 3.63) is 71.2 Å². The molecule has 0 aliphatic rings. The quantitative estimate of drug-likeness (QED) is 0.186. The lowest BCUT2D eigenvalue weighted by Crippen LogP contribution is -1.93. The van der Waals surface area contributed by atoms with E-state index < -0.39 is 0 Å². The van der Waals surface area contributed by atoms with Gasteiger partial charge >= 0.3 is 0 Å². The van der Waals surface area contributed by atoms with Crippen LogP contribution in [0.2, 0.25) is 0 Å². The molecule has 0 saturated carbocycles. The smallest absolute Gasteiger partial charge is 0.127 e. The average molecular weight is 479 g/mol. The fraction of sp³-hybridized carbons (Fsp3) is 0.500. The zero-order valence-electron chi connectivity index (χ0n) is 22.4. The van der Waals surface area contributed by atoms with Gasteiger partial charge in [-0.3, -0.25) is 0 Å². The first-order valence-corrected chi connectivity index (χ1v) is 13.6. The molecule has 0 aliphatic heterocycles. The molecule has 0 saturated heterocycles. The van der Waals surface area contributed by atoms with Gasteiger partial charge in [0.2, 0.25) is 0 Å². The summed E-state index contributed by atoms with van der Waals surface area (Å²) in [4.78, 5) is 0. The van der Waals surface area contributed by atoms with Crippen molar-refractivity contribution in [2.45, 2.75) is 105 Å². The van der Waals surface area contributed by atoms with E-state index in [0.29, 0.717) is 11.5 Å². The Bertz CT molecular complexity index is 835. The number of aliphatic hydroxyl groups excluding tert-OH is 2. The Morgan fingerprint density at radius 1 is 0.543 bits per heavy atom. The minimum absolute atomic E-state index is 0.401. The topological polar surface area (TPSA) is 49.7 Å². The lowest BCUT2D eigenvalue weighted by molar-refractivity contribution is 0.414. The third kappa shape index (κ3) is 10.2. The summed E-state index contributed by atoms with van der Waals surface area (Å²) in [5.74, 6) is 2.34. The maximum atomic E-state index is 10.2. The Morgan fingerprint density at radius 2 is 0.886 bits per heavy atom. The Labute approximate surface area is 213 Å². The lowest BCUT2D eigenvalue weighted by atomic mass is 9.98. The average Bonchev–Trinajstić information content (AvgIpc) is 2.84. The fourth-order valence-electron chi connectivity index (χ4n) is 4.46. The molecule has 0 aliphatic carbocycles. The first-order valence-electron chi connectivity index (χ1n) is 13.6. The number of ether oxygens (including phenoxy) is 1. The normalized spacial score (nSPS) is 12.8. The molecule has 0 atom stereocenters. The van der Waals surface area contributed by atoms with Gasteiger partial charge in [-0.05, 0) is 86.1 Å². The largest absolute Gasteiger partial charge is 0.512 e. The van der Waals surface area contributed by atoms with E-state index in [1.54, 1.807) is 13.8 Å². The van der Waals surface area contributed by atoms with Crippen molar-refractivity contribution in [2.75, 3.05) is 0 Å². The summed E-state index contributed by atoms with van der Waals surface area (Å²) in [6.45, 7) is 7.99. The van der Waals surface area contributed by atoms with Gasteiger partial charge in [0.15, 0.2) is 0 Å². The number of unbranched alkanes of at least 4 members (excludes halogenated alkanes) is 8. The molecule has 0 radical (unpaired) electrons. The molecule has 3 heteroatoms. The Balaban J connectivity index is 1.97. The summed E-state index contributed by atoms with van der Waals surface area (Å²) in [6, 6.07) is 16.0. The molecule has 35 heavy (non-hydrogen) atoms. The van der Waals surface area contributed by atoms with Crippen molar-refractivity contribution in [3.63, 3.8) is 0 Å². The molecule has 0 amide bonds. The highest BCUT2D eigenvalue weighted by Crippen LogP contribution is 2.30. The molecule has 0 fully saturated rings. The minimum atomic E-state index is 0.401. The third-order valence-electron chi connectivity index (χ3n) is 6.58. The van der Waals surface area contributed by atoms with E-state index in [0.717, 1.165) is 59.5 Å². The van der Waals surface area contributed by atoms with Gasteiger partial charge in [0, 0.05) is 0 Å². The zero-order valence-corrected chi connectivity index (χ0v) is 22.4. The van der Waals surface area contributed by atoms with Gasteiger partial charge in [-0.15, -0.1) is 0 Å². The van der Waals surface area contributed by atoms with Gasteiger partial charge in [-0.1, -0.05) is 89.5 Å². The molecular weight excluding hydrogens is 432 g/mol. The molecule has 3 nitrogen and oxygen atoms in total. The molecule has 0 heterocycles. The van der Waals surface area contributed by atoms with E-state index in [2.05, 4.69) is 13.8 Å². The van der Waals surface area contributed by atoms with E-state index in [1.807, 2.05) is 48.5 Å². The number of aliphatic hydroxyl groups is 2. The van der Waals surface area contributed by atoms with Crippen molar-refractivity contribution in [1.82, 2.24) is 0 Å². The number of hydrogen-bond donors (Lipinski definition) is 2. The van der Waals surface area contributed by atoms with E-state index in [-0.39, 0.29) is 0 Å². The van der Waals surface area contributed by atoms with Crippen LogP contribution in [0.1, 0.15) is 116 Å². The van der Waals surface area contributed by atoms with E-state index in [4.69, 9.17) is 4.74 Å². The monoisotopic (exact) mass is 478 g/mol. The predicted octanol–water partition coefficient (Wildman–Crippen LogP) is 10.8. The number of allylic oxidation sites excluding steroid dienone is 4. The third-order valence-corrected chi connectivity index (χ3v) is 6.58. The van der Waals surface area contributed by atoms with Crippen molar-refractivity contribution in [1.29, 1.82) is 0 Å². The summed E-state index contributed by atoms with van der Waals surface area (Å²) in [5.41, 5.74) is 4.14. The van der Waals surface area contributed by atoms with Crippen molar-refractivity contribution >= 4 is 11.1 Å². The molecule has 0 spiro atoms. The Kier molecular flexibility index (Phi) is 13.1. The summed E-state index contributed by atoms with van der Waals surface area (Å²) < 4.78 is 6.06. The maximum Gasteiger partial charge on any atom is 0.127 e. The number of rotatable bonds is 16. The second kappa shape index (κ2) is 16.1. The van der Waals surface area contributed by atoms with Crippen LogP contribution < -0.4 is 4.74 Å². The van der Waals surface area contributed by atoms with Gasteiger partial charge in [0.05, 0.1) is 11.5 Å². The highest BCUT2D eigenvalue weighted by Gasteiger charge is 2.09. The summed E-state index contributed by atoms with van der Waals surface area (Å²) in [7, 11) is 0. The lowest BCUT2D eigenvalue weighted by Gasteiger charge is -2.12. The van der Waals surface area contributed by atoms with Gasteiger partial charge in [-0.25, -0.2) is 0 Å². The molecule has 0 bridgehead atoms. The van der Waals surface area contributed by atoms with Crippen LogP contribution in [0.4, 0.5) is 0 Å². The number of hydrogen-bond acceptors (Lipinski definition) is 3. The minimum Gasteiger partial charge on any atom is -0.512 e. The molecule has 0 unspecified atom stereocenters. The first-order chi connectivity index (χ1) is 17.0. The predicted molar refractivity (Wildman–Crippen MR) is 150 cm³/mol. The van der Waals surface area contributed by atoms with Gasteiger partial charge in [0.25, 0.3) is 0 Å². The Hall–Kier alpha value is -2.68. The van der Waals surface area contributed by atoms with Gasteiger partial charge in [-0.2, -0.15) is 0 Å². The van der Waals surface area contributed by atoms with Crippen molar-refractivity contribution < 1.29 is 14.9 Å². The van der Waals surface area contributed by atoms with Crippen LogP contribution in [0.25, 0.3) is 11.1 Å². The zero-order chi connectivity index (χ0) is 25.5. The Morgan fingerprint density at radius 3 is 1.20 bits per heavy atom.